The second kappa shape index (κ2) is 7.30. The van der Waals surface area contributed by atoms with Crippen LogP contribution in [0.4, 0.5) is 0 Å². The molecule has 0 heterocycles. The first kappa shape index (κ1) is 13.1. The topological polar surface area (TPSA) is 49.3 Å². The zero-order chi connectivity index (χ0) is 11.8. The van der Waals surface area contributed by atoms with E-state index in [9.17, 15) is 4.79 Å². The van der Waals surface area contributed by atoms with Gasteiger partial charge in [0.1, 0.15) is 0 Å². The summed E-state index contributed by atoms with van der Waals surface area (Å²) in [6.07, 6.45) is 0. The van der Waals surface area contributed by atoms with E-state index in [0.29, 0.717) is 6.54 Å². The molecule has 1 aromatic rings. The summed E-state index contributed by atoms with van der Waals surface area (Å²) in [4.78, 5) is 11.5. The predicted molar refractivity (Wildman–Crippen MR) is 67.3 cm³/mol. The average molecular weight is 239 g/mol. The number of aliphatic hydroxyl groups is 1. The van der Waals surface area contributed by atoms with E-state index in [0.717, 1.165) is 5.75 Å². The number of thioether (sulfide) groups is 1. The van der Waals surface area contributed by atoms with Crippen LogP contribution >= 0.6 is 11.8 Å². The van der Waals surface area contributed by atoms with Gasteiger partial charge in [-0.15, -0.1) is 11.8 Å². The van der Waals surface area contributed by atoms with Gasteiger partial charge in [-0.1, -0.05) is 30.3 Å². The molecule has 1 rings (SSSR count). The number of hydrogen-bond acceptors (Lipinski definition) is 3. The number of carbonyl (C=O) groups excluding carboxylic acids is 1. The summed E-state index contributed by atoms with van der Waals surface area (Å²) < 4.78 is 0. The first-order valence-corrected chi connectivity index (χ1v) is 6.33. The molecule has 1 unspecified atom stereocenters. The van der Waals surface area contributed by atoms with Gasteiger partial charge >= 0.3 is 0 Å². The van der Waals surface area contributed by atoms with Crippen molar-refractivity contribution in [1.29, 1.82) is 0 Å². The molecule has 0 aliphatic heterocycles. The number of rotatable bonds is 6. The summed E-state index contributed by atoms with van der Waals surface area (Å²) in [6.45, 7) is 2.19. The molecular weight excluding hydrogens is 222 g/mol. The highest BCUT2D eigenvalue weighted by molar-refractivity contribution is 7.99. The van der Waals surface area contributed by atoms with E-state index in [-0.39, 0.29) is 17.8 Å². The maximum atomic E-state index is 11.5. The molecule has 88 valence electrons. The number of aliphatic hydroxyl groups excluding tert-OH is 1. The van der Waals surface area contributed by atoms with Crippen molar-refractivity contribution in [3.63, 3.8) is 0 Å². The lowest BCUT2D eigenvalue weighted by atomic mass is 10.2. The van der Waals surface area contributed by atoms with Crippen molar-refractivity contribution in [2.45, 2.75) is 17.9 Å². The van der Waals surface area contributed by atoms with E-state index >= 15 is 0 Å². The molecule has 0 saturated carbocycles. The first-order valence-electron chi connectivity index (χ1n) is 5.28. The summed E-state index contributed by atoms with van der Waals surface area (Å²) in [5.74, 6) is 0.809. The van der Waals surface area contributed by atoms with Crippen molar-refractivity contribution < 1.29 is 9.90 Å². The first-order chi connectivity index (χ1) is 7.74. The Labute approximate surface area is 100 Å². The number of benzene rings is 1. The van der Waals surface area contributed by atoms with E-state index in [1.54, 1.807) is 11.8 Å². The zero-order valence-electron chi connectivity index (χ0n) is 9.35. The van der Waals surface area contributed by atoms with E-state index in [2.05, 4.69) is 5.32 Å². The highest BCUT2D eigenvalue weighted by Crippen LogP contribution is 2.17. The Morgan fingerprint density at radius 3 is 2.75 bits per heavy atom. The van der Waals surface area contributed by atoms with E-state index < -0.39 is 0 Å². The third-order valence-corrected chi connectivity index (χ3v) is 3.34. The van der Waals surface area contributed by atoms with Crippen molar-refractivity contribution >= 4 is 17.7 Å². The highest BCUT2D eigenvalue weighted by atomic mass is 32.2. The standard InChI is InChI=1S/C12H17NO2S/c1-10(12(15)13-7-8-14)16-9-11-5-3-2-4-6-11/h2-6,10,14H,7-9H2,1H3,(H,13,15). The van der Waals surface area contributed by atoms with Gasteiger partial charge < -0.3 is 10.4 Å². The Bertz CT molecular complexity index is 316. The van der Waals surface area contributed by atoms with Crippen LogP contribution in [0, 0.1) is 0 Å². The highest BCUT2D eigenvalue weighted by Gasteiger charge is 2.12. The Balaban J connectivity index is 2.29. The molecule has 3 nitrogen and oxygen atoms in total. The fourth-order valence-corrected chi connectivity index (χ4v) is 2.06. The molecule has 0 spiro atoms. The Hall–Kier alpha value is -1.00. The fourth-order valence-electron chi connectivity index (χ4n) is 1.19. The number of hydrogen-bond donors (Lipinski definition) is 2. The second-order valence-corrected chi connectivity index (χ2v) is 4.78. The number of amides is 1. The van der Waals surface area contributed by atoms with Crippen LogP contribution in [0.25, 0.3) is 0 Å². The molecule has 1 aromatic carbocycles. The molecule has 0 bridgehead atoms. The van der Waals surface area contributed by atoms with Gasteiger partial charge in [-0.2, -0.15) is 0 Å². The molecule has 16 heavy (non-hydrogen) atoms. The maximum absolute atomic E-state index is 11.5. The van der Waals surface area contributed by atoms with Gasteiger partial charge in [0.25, 0.3) is 0 Å². The van der Waals surface area contributed by atoms with Crippen molar-refractivity contribution in [3.05, 3.63) is 35.9 Å². The molecule has 0 aliphatic carbocycles. The lowest BCUT2D eigenvalue weighted by molar-refractivity contribution is -0.120. The summed E-state index contributed by atoms with van der Waals surface area (Å²) in [5, 5.41) is 11.2. The van der Waals surface area contributed by atoms with Crippen LogP contribution in [-0.2, 0) is 10.5 Å². The fraction of sp³-hybridized carbons (Fsp3) is 0.417. The maximum Gasteiger partial charge on any atom is 0.232 e. The number of carbonyl (C=O) groups is 1. The molecule has 0 aromatic heterocycles. The monoisotopic (exact) mass is 239 g/mol. The zero-order valence-corrected chi connectivity index (χ0v) is 10.2. The molecule has 0 saturated heterocycles. The Morgan fingerprint density at radius 1 is 1.44 bits per heavy atom. The smallest absolute Gasteiger partial charge is 0.232 e. The van der Waals surface area contributed by atoms with Crippen molar-refractivity contribution in [2.24, 2.45) is 0 Å². The van der Waals surface area contributed by atoms with Gasteiger partial charge in [-0.3, -0.25) is 4.79 Å². The van der Waals surface area contributed by atoms with E-state index in [1.165, 1.54) is 5.56 Å². The summed E-state index contributed by atoms with van der Waals surface area (Å²) in [7, 11) is 0. The average Bonchev–Trinajstić information content (AvgIpc) is 2.34. The van der Waals surface area contributed by atoms with E-state index in [4.69, 9.17) is 5.11 Å². The van der Waals surface area contributed by atoms with Crippen molar-refractivity contribution in [3.8, 4) is 0 Å². The van der Waals surface area contributed by atoms with Crippen LogP contribution < -0.4 is 5.32 Å². The van der Waals surface area contributed by atoms with Crippen LogP contribution in [-0.4, -0.2) is 29.4 Å². The third-order valence-electron chi connectivity index (χ3n) is 2.12. The van der Waals surface area contributed by atoms with Crippen LogP contribution in [0.2, 0.25) is 0 Å². The molecule has 4 heteroatoms. The van der Waals surface area contributed by atoms with Gasteiger partial charge in [-0.05, 0) is 12.5 Å². The van der Waals surface area contributed by atoms with Gasteiger partial charge in [0.15, 0.2) is 0 Å². The van der Waals surface area contributed by atoms with Crippen molar-refractivity contribution in [2.75, 3.05) is 13.2 Å². The minimum atomic E-state index is -0.0910. The van der Waals surface area contributed by atoms with Gasteiger partial charge in [-0.25, -0.2) is 0 Å². The molecule has 0 aliphatic rings. The van der Waals surface area contributed by atoms with E-state index in [1.807, 2.05) is 37.3 Å². The summed E-state index contributed by atoms with van der Waals surface area (Å²) >= 11 is 1.59. The van der Waals surface area contributed by atoms with Crippen LogP contribution in [0.1, 0.15) is 12.5 Å². The van der Waals surface area contributed by atoms with Gasteiger partial charge in [0.2, 0.25) is 5.91 Å². The van der Waals surface area contributed by atoms with Crippen LogP contribution in [0.5, 0.6) is 0 Å². The van der Waals surface area contributed by atoms with Gasteiger partial charge in [0, 0.05) is 12.3 Å². The largest absolute Gasteiger partial charge is 0.395 e. The lowest BCUT2D eigenvalue weighted by Crippen LogP contribution is -2.33. The number of nitrogens with one attached hydrogen (secondary N) is 1. The summed E-state index contributed by atoms with van der Waals surface area (Å²) in [6, 6.07) is 10.1. The molecule has 2 N–H and O–H groups in total. The molecule has 1 atom stereocenters. The molecule has 0 fully saturated rings. The Kier molecular flexibility index (Phi) is 5.96. The summed E-state index contributed by atoms with van der Waals surface area (Å²) in [5.41, 5.74) is 1.22. The molecule has 0 radical (unpaired) electrons. The predicted octanol–water partition coefficient (Wildman–Crippen LogP) is 1.42. The second-order valence-electron chi connectivity index (χ2n) is 3.45. The van der Waals surface area contributed by atoms with Crippen LogP contribution in [0.3, 0.4) is 0 Å². The minimum Gasteiger partial charge on any atom is -0.395 e. The normalized spacial score (nSPS) is 12.1. The Morgan fingerprint density at radius 2 is 2.12 bits per heavy atom. The molecular formula is C12H17NO2S. The third kappa shape index (κ3) is 4.68. The van der Waals surface area contributed by atoms with Crippen molar-refractivity contribution in [1.82, 2.24) is 5.32 Å². The minimum absolute atomic E-state index is 0.0121. The lowest BCUT2D eigenvalue weighted by Gasteiger charge is -2.11. The quantitative estimate of drug-likeness (QED) is 0.789. The van der Waals surface area contributed by atoms with Crippen LogP contribution in [0.15, 0.2) is 30.3 Å². The SMILES string of the molecule is CC(SCc1ccccc1)C(=O)NCCO. The van der Waals surface area contributed by atoms with Gasteiger partial charge in [0.05, 0.1) is 11.9 Å². The molecule has 1 amide bonds.